The average molecular weight is 627 g/mol. The first kappa shape index (κ1) is 29.8. The van der Waals surface area contributed by atoms with E-state index in [2.05, 4.69) is 15.4 Å². The minimum atomic E-state index is -3.72. The molecule has 3 aromatic carbocycles. The van der Waals surface area contributed by atoms with Crippen LogP contribution in [0.25, 0.3) is 32.9 Å². The van der Waals surface area contributed by atoms with E-state index >= 15 is 0 Å². The zero-order valence-electron chi connectivity index (χ0n) is 23.5. The van der Waals surface area contributed by atoms with Gasteiger partial charge < -0.3 is 10.3 Å². The number of halogens is 2. The van der Waals surface area contributed by atoms with Crippen LogP contribution in [0.15, 0.2) is 64.3 Å². The minimum Gasteiger partial charge on any atom is -0.357 e. The lowest BCUT2D eigenvalue weighted by Gasteiger charge is -2.16. The van der Waals surface area contributed by atoms with Crippen LogP contribution in [-0.4, -0.2) is 54.0 Å². The number of fused-ring (bicyclic) bond motifs is 2. The number of nitrogens with zero attached hydrogens (tertiary/aromatic N) is 3. The van der Waals surface area contributed by atoms with E-state index in [1.165, 1.54) is 14.1 Å². The third-order valence-electron chi connectivity index (χ3n) is 7.26. The summed E-state index contributed by atoms with van der Waals surface area (Å²) in [7, 11) is -0.781. The molecule has 0 aliphatic heterocycles. The highest BCUT2D eigenvalue weighted by molar-refractivity contribution is 7.89. The molecule has 0 aliphatic rings. The SMILES string of the molecule is Cc1ccc(-c2nn(CC(=O)NCCc3c(C)[nH]c4c(Cl)c(Cl)ccc34)c(=O)c3ccccc23)cc1S(=O)(=O)N(C)C. The first-order chi connectivity index (χ1) is 19.9. The van der Waals surface area contributed by atoms with Crippen molar-refractivity contribution in [2.24, 2.45) is 0 Å². The molecule has 218 valence electrons. The third kappa shape index (κ3) is 5.43. The van der Waals surface area contributed by atoms with E-state index in [-0.39, 0.29) is 17.3 Å². The molecule has 5 rings (SSSR count). The van der Waals surface area contributed by atoms with Gasteiger partial charge in [-0.15, -0.1) is 0 Å². The third-order valence-corrected chi connectivity index (χ3v) is 10.0. The van der Waals surface area contributed by atoms with Gasteiger partial charge in [0.15, 0.2) is 0 Å². The largest absolute Gasteiger partial charge is 0.357 e. The summed E-state index contributed by atoms with van der Waals surface area (Å²) in [5.41, 5.74) is 3.76. The van der Waals surface area contributed by atoms with Crippen LogP contribution in [0.3, 0.4) is 0 Å². The molecule has 0 unspecified atom stereocenters. The van der Waals surface area contributed by atoms with E-state index in [0.717, 1.165) is 31.1 Å². The van der Waals surface area contributed by atoms with Crippen LogP contribution in [0, 0.1) is 13.8 Å². The van der Waals surface area contributed by atoms with Crippen LogP contribution < -0.4 is 10.9 Å². The van der Waals surface area contributed by atoms with E-state index in [4.69, 9.17) is 23.2 Å². The fourth-order valence-corrected chi connectivity index (χ4v) is 6.52. The predicted molar refractivity (Wildman–Crippen MR) is 167 cm³/mol. The van der Waals surface area contributed by atoms with Crippen molar-refractivity contribution in [2.45, 2.75) is 31.7 Å². The summed E-state index contributed by atoms with van der Waals surface area (Å²) in [4.78, 5) is 29.7. The van der Waals surface area contributed by atoms with Gasteiger partial charge in [0.05, 0.1) is 31.5 Å². The topological polar surface area (TPSA) is 117 Å². The Morgan fingerprint density at radius 1 is 1.02 bits per heavy atom. The van der Waals surface area contributed by atoms with Gasteiger partial charge in [-0.25, -0.2) is 17.4 Å². The highest BCUT2D eigenvalue weighted by Gasteiger charge is 2.22. The fourth-order valence-electron chi connectivity index (χ4n) is 5.01. The van der Waals surface area contributed by atoms with Gasteiger partial charge in [-0.2, -0.15) is 5.10 Å². The summed E-state index contributed by atoms with van der Waals surface area (Å²) < 4.78 is 28.2. The van der Waals surface area contributed by atoms with Crippen molar-refractivity contribution >= 4 is 60.8 Å². The Morgan fingerprint density at radius 2 is 1.74 bits per heavy atom. The second kappa shape index (κ2) is 11.5. The first-order valence-corrected chi connectivity index (χ1v) is 15.3. The number of carbonyl (C=O) groups is 1. The molecule has 42 heavy (non-hydrogen) atoms. The molecule has 0 saturated heterocycles. The lowest BCUT2D eigenvalue weighted by molar-refractivity contribution is -0.121. The monoisotopic (exact) mass is 625 g/mol. The molecule has 2 N–H and O–H groups in total. The zero-order valence-corrected chi connectivity index (χ0v) is 25.8. The predicted octanol–water partition coefficient (Wildman–Crippen LogP) is 5.08. The molecular weight excluding hydrogens is 597 g/mol. The number of hydrogen-bond donors (Lipinski definition) is 2. The van der Waals surface area contributed by atoms with Crippen LogP contribution in [0.1, 0.15) is 16.8 Å². The molecular formula is C30H29Cl2N5O4S. The van der Waals surface area contributed by atoms with Gasteiger partial charge in [0, 0.05) is 42.7 Å². The Kier molecular flexibility index (Phi) is 8.17. The van der Waals surface area contributed by atoms with Gasteiger partial charge in [-0.1, -0.05) is 59.6 Å². The first-order valence-electron chi connectivity index (χ1n) is 13.2. The fraction of sp³-hybridized carbons (Fsp3) is 0.233. The summed E-state index contributed by atoms with van der Waals surface area (Å²) in [5, 5.41) is 10.2. The molecule has 2 heterocycles. The number of aromatic nitrogens is 3. The molecule has 0 atom stereocenters. The molecule has 0 saturated carbocycles. The number of sulfonamides is 1. The number of rotatable bonds is 8. The Morgan fingerprint density at radius 3 is 2.45 bits per heavy atom. The van der Waals surface area contributed by atoms with Gasteiger partial charge in [0.2, 0.25) is 15.9 Å². The second-order valence-electron chi connectivity index (χ2n) is 10.2. The van der Waals surface area contributed by atoms with Gasteiger partial charge in [0.1, 0.15) is 6.54 Å². The molecule has 2 aromatic heterocycles. The van der Waals surface area contributed by atoms with Crippen molar-refractivity contribution in [2.75, 3.05) is 20.6 Å². The van der Waals surface area contributed by atoms with E-state index in [1.807, 2.05) is 13.0 Å². The molecule has 0 bridgehead atoms. The molecule has 0 radical (unpaired) electrons. The summed E-state index contributed by atoms with van der Waals surface area (Å²) >= 11 is 12.5. The van der Waals surface area contributed by atoms with Gasteiger partial charge in [0.25, 0.3) is 5.56 Å². The quantitative estimate of drug-likeness (QED) is 0.249. The van der Waals surface area contributed by atoms with E-state index in [1.54, 1.807) is 55.5 Å². The van der Waals surface area contributed by atoms with Crippen molar-refractivity contribution in [1.82, 2.24) is 24.4 Å². The molecule has 5 aromatic rings. The maximum Gasteiger partial charge on any atom is 0.275 e. The lowest BCUT2D eigenvalue weighted by Crippen LogP contribution is -2.35. The molecule has 12 heteroatoms. The smallest absolute Gasteiger partial charge is 0.275 e. The summed E-state index contributed by atoms with van der Waals surface area (Å²) in [5.74, 6) is -0.385. The van der Waals surface area contributed by atoms with Crippen LogP contribution in [-0.2, 0) is 27.8 Å². The zero-order chi connectivity index (χ0) is 30.3. The number of H-pyrrole nitrogens is 1. The normalized spacial score (nSPS) is 12.0. The molecule has 1 amide bonds. The van der Waals surface area contributed by atoms with Crippen molar-refractivity contribution in [1.29, 1.82) is 0 Å². The second-order valence-corrected chi connectivity index (χ2v) is 13.1. The van der Waals surface area contributed by atoms with Crippen LogP contribution in [0.2, 0.25) is 10.0 Å². The maximum atomic E-state index is 13.3. The van der Waals surface area contributed by atoms with Crippen molar-refractivity contribution in [3.63, 3.8) is 0 Å². The van der Waals surface area contributed by atoms with Gasteiger partial charge >= 0.3 is 0 Å². The Balaban J connectivity index is 1.43. The summed E-state index contributed by atoms with van der Waals surface area (Å²) in [6, 6.07) is 15.6. The molecule has 0 aliphatic carbocycles. The summed E-state index contributed by atoms with van der Waals surface area (Å²) in [6.45, 7) is 3.67. The molecule has 0 fully saturated rings. The van der Waals surface area contributed by atoms with E-state index < -0.39 is 15.6 Å². The van der Waals surface area contributed by atoms with Crippen molar-refractivity contribution in [3.8, 4) is 11.3 Å². The highest BCUT2D eigenvalue weighted by atomic mass is 35.5. The Hall–Kier alpha value is -3.70. The van der Waals surface area contributed by atoms with E-state index in [9.17, 15) is 18.0 Å². The molecule has 9 nitrogen and oxygen atoms in total. The Labute approximate surface area is 253 Å². The number of amides is 1. The lowest BCUT2D eigenvalue weighted by atomic mass is 10.0. The number of carbonyl (C=O) groups excluding carboxylic acids is 1. The number of aryl methyl sites for hydroxylation is 2. The standard InChI is InChI=1S/C30H29Cl2N5O4S/c1-17-9-10-19(15-25(17)42(40,41)36(3)4)28-21-7-5-6-8-23(21)30(39)37(35-28)16-26(38)33-14-13-20-18(2)34-29-22(20)11-12-24(31)27(29)32/h5-12,15,34H,13-14,16H2,1-4H3,(H,33,38). The Bertz CT molecular complexity index is 2030. The van der Waals surface area contributed by atoms with Crippen LogP contribution in [0.5, 0.6) is 0 Å². The van der Waals surface area contributed by atoms with Gasteiger partial charge in [-0.05, 0) is 49.6 Å². The maximum absolute atomic E-state index is 13.3. The number of aromatic amines is 1. The number of nitrogens with one attached hydrogen (secondary N) is 2. The van der Waals surface area contributed by atoms with Crippen molar-refractivity contribution in [3.05, 3.63) is 91.8 Å². The minimum absolute atomic E-state index is 0.141. The summed E-state index contributed by atoms with van der Waals surface area (Å²) in [6.07, 6.45) is 0.535. The molecule has 0 spiro atoms. The number of benzene rings is 3. The van der Waals surface area contributed by atoms with Crippen LogP contribution >= 0.6 is 23.2 Å². The van der Waals surface area contributed by atoms with Crippen LogP contribution in [0.4, 0.5) is 0 Å². The average Bonchev–Trinajstić information content (AvgIpc) is 3.28. The van der Waals surface area contributed by atoms with Gasteiger partial charge in [-0.3, -0.25) is 9.59 Å². The highest BCUT2D eigenvalue weighted by Crippen LogP contribution is 2.33. The number of hydrogen-bond acceptors (Lipinski definition) is 5. The van der Waals surface area contributed by atoms with E-state index in [0.29, 0.717) is 50.6 Å². The van der Waals surface area contributed by atoms with Crippen molar-refractivity contribution < 1.29 is 13.2 Å².